The van der Waals surface area contributed by atoms with Gasteiger partial charge in [0.05, 0.1) is 58.3 Å². The lowest BCUT2D eigenvalue weighted by molar-refractivity contribution is -0.254. The normalized spacial score (nSPS) is 10.7. The van der Waals surface area contributed by atoms with Crippen LogP contribution in [0.4, 0.5) is 5.69 Å². The highest BCUT2D eigenvalue weighted by Gasteiger charge is 2.20. The van der Waals surface area contributed by atoms with E-state index in [1.165, 1.54) is 6.92 Å². The fourth-order valence-electron chi connectivity index (χ4n) is 4.68. The zero-order chi connectivity index (χ0) is 34.9. The van der Waals surface area contributed by atoms with Gasteiger partial charge in [0, 0.05) is 67.5 Å². The molecule has 48 heavy (non-hydrogen) atoms. The number of nitrogens with one attached hydrogen (secondary N) is 1. The van der Waals surface area contributed by atoms with Gasteiger partial charge in [-0.1, -0.05) is 30.2 Å². The Morgan fingerprint density at radius 3 is 2.12 bits per heavy atom. The quantitative estimate of drug-likeness (QED) is 0.0836. The number of carboxylic acid groups (broad SMARTS) is 1. The van der Waals surface area contributed by atoms with Crippen LogP contribution >= 0.6 is 0 Å². The number of anilines is 1. The van der Waals surface area contributed by atoms with Gasteiger partial charge in [0.15, 0.2) is 0 Å². The number of hydrogen-bond donors (Lipinski definition) is 1. The minimum absolute atomic E-state index is 0.0526. The molecule has 256 valence electrons. The number of nitrogens with zero attached hydrogens (tertiary/aromatic N) is 2. The molecule has 1 amide bonds. The molecule has 1 aliphatic carbocycles. The van der Waals surface area contributed by atoms with Crippen molar-refractivity contribution in [3.05, 3.63) is 71.6 Å². The van der Waals surface area contributed by atoms with E-state index in [4.69, 9.17) is 29.8 Å². The molecule has 11 heteroatoms. The molecular formula is C37H45N3O8. The van der Waals surface area contributed by atoms with Gasteiger partial charge in [-0.15, -0.1) is 6.42 Å². The Hall–Kier alpha value is -4.73. The van der Waals surface area contributed by atoms with E-state index in [0.717, 1.165) is 27.6 Å². The van der Waals surface area contributed by atoms with Crippen molar-refractivity contribution in [1.82, 2.24) is 9.89 Å². The van der Waals surface area contributed by atoms with Crippen LogP contribution in [-0.4, -0.2) is 99.5 Å². The maximum absolute atomic E-state index is 11.8. The summed E-state index contributed by atoms with van der Waals surface area (Å²) in [6.07, 6.45) is 5.01. The van der Waals surface area contributed by atoms with Gasteiger partial charge in [-0.25, -0.2) is 4.58 Å². The number of aromatic carboxylic acids is 1. The molecule has 2 aliphatic rings. The van der Waals surface area contributed by atoms with E-state index in [0.29, 0.717) is 76.3 Å². The van der Waals surface area contributed by atoms with Crippen molar-refractivity contribution in [2.24, 2.45) is 0 Å². The summed E-state index contributed by atoms with van der Waals surface area (Å²) in [6, 6.07) is 18.9. The van der Waals surface area contributed by atoms with Crippen molar-refractivity contribution < 1.29 is 38.1 Å². The van der Waals surface area contributed by atoms with Gasteiger partial charge in [-0.3, -0.25) is 4.79 Å². The molecule has 2 aromatic carbocycles. The molecule has 0 atom stereocenters. The van der Waals surface area contributed by atoms with E-state index < -0.39 is 5.97 Å². The van der Waals surface area contributed by atoms with Gasteiger partial charge in [0.25, 0.3) is 0 Å². The molecule has 1 N–H and O–H groups in total. The summed E-state index contributed by atoms with van der Waals surface area (Å²) in [5.41, 5.74) is 4.17. The van der Waals surface area contributed by atoms with Crippen LogP contribution in [0.25, 0.3) is 33.4 Å². The van der Waals surface area contributed by atoms with E-state index in [1.807, 2.05) is 86.2 Å². The van der Waals surface area contributed by atoms with Crippen molar-refractivity contribution in [1.29, 1.82) is 0 Å². The summed E-state index contributed by atoms with van der Waals surface area (Å²) in [5, 5.41) is 16.3. The minimum Gasteiger partial charge on any atom is -0.545 e. The van der Waals surface area contributed by atoms with E-state index >= 15 is 0 Å². The van der Waals surface area contributed by atoms with Crippen molar-refractivity contribution in [2.45, 2.75) is 6.92 Å². The predicted octanol–water partition coefficient (Wildman–Crippen LogP) is 2.49. The first-order chi connectivity index (χ1) is 23.1. The van der Waals surface area contributed by atoms with Crippen LogP contribution in [0, 0.1) is 12.3 Å². The second-order valence-electron chi connectivity index (χ2n) is 11.0. The standard InChI is InChI=1S/C24H22N2O3.C13H23NO5/c1-25(2)15-9-11-19-21(13-15)29-22-14-16(26(3)4)10-12-20(22)23(19)17-7-5-6-8-18(17)24(27)28;1-3-5-16-7-9-18-11-12-19-10-8-17-6-4-14-13(2)15/h5-14H,1-4H3;1H,4-12H2,2H3,(H,14,15). The van der Waals surface area contributed by atoms with Crippen LogP contribution in [0.2, 0.25) is 0 Å². The van der Waals surface area contributed by atoms with E-state index in [1.54, 1.807) is 12.1 Å². The Morgan fingerprint density at radius 2 is 1.52 bits per heavy atom. The Bertz CT molecular complexity index is 1720. The van der Waals surface area contributed by atoms with Crippen LogP contribution in [0.15, 0.2) is 65.1 Å². The van der Waals surface area contributed by atoms with Crippen LogP contribution in [0.1, 0.15) is 17.3 Å². The summed E-state index contributed by atoms with van der Waals surface area (Å²) in [7, 11) is 7.88. The van der Waals surface area contributed by atoms with Crippen molar-refractivity contribution in [3.8, 4) is 34.8 Å². The molecular weight excluding hydrogens is 614 g/mol. The molecule has 1 heterocycles. The zero-order valence-electron chi connectivity index (χ0n) is 28.4. The second kappa shape index (κ2) is 19.8. The fourth-order valence-corrected chi connectivity index (χ4v) is 4.68. The first kappa shape index (κ1) is 37.7. The molecule has 0 saturated carbocycles. The lowest BCUT2D eigenvalue weighted by Crippen LogP contribution is -2.25. The zero-order valence-corrected chi connectivity index (χ0v) is 28.4. The number of amides is 1. The van der Waals surface area contributed by atoms with Crippen molar-refractivity contribution in [3.63, 3.8) is 0 Å². The molecule has 4 rings (SSSR count). The Balaban J connectivity index is 0.000000288. The van der Waals surface area contributed by atoms with Gasteiger partial charge >= 0.3 is 0 Å². The third-order valence-corrected chi connectivity index (χ3v) is 7.06. The van der Waals surface area contributed by atoms with Gasteiger partial charge < -0.3 is 43.5 Å². The molecule has 0 aromatic heterocycles. The van der Waals surface area contributed by atoms with Crippen molar-refractivity contribution >= 4 is 28.5 Å². The maximum Gasteiger partial charge on any atom is 0.216 e. The molecule has 0 saturated heterocycles. The Morgan fingerprint density at radius 1 is 0.875 bits per heavy atom. The van der Waals surface area contributed by atoms with E-state index in [9.17, 15) is 14.7 Å². The van der Waals surface area contributed by atoms with Crippen molar-refractivity contribution in [2.75, 3.05) is 92.5 Å². The summed E-state index contributed by atoms with van der Waals surface area (Å²) in [6.45, 7) is 5.87. The number of terminal acetylenes is 1. The number of benzene rings is 3. The summed E-state index contributed by atoms with van der Waals surface area (Å²) >= 11 is 0. The van der Waals surface area contributed by atoms with E-state index in [-0.39, 0.29) is 11.5 Å². The molecule has 0 unspecified atom stereocenters. The lowest BCUT2D eigenvalue weighted by atomic mass is 9.90. The Kier molecular flexibility index (Phi) is 15.6. The predicted molar refractivity (Wildman–Crippen MR) is 185 cm³/mol. The molecule has 2 aromatic rings. The lowest BCUT2D eigenvalue weighted by Gasteiger charge is -2.19. The summed E-state index contributed by atoms with van der Waals surface area (Å²) < 4.78 is 29.1. The number of ether oxygens (including phenoxy) is 4. The van der Waals surface area contributed by atoms with Gasteiger partial charge in [0.1, 0.15) is 32.0 Å². The molecule has 11 nitrogen and oxygen atoms in total. The topological polar surface area (TPSA) is 126 Å². The number of fused-ring (bicyclic) bond motifs is 2. The number of hydrogen-bond acceptors (Lipinski definition) is 9. The van der Waals surface area contributed by atoms with Gasteiger partial charge in [-0.05, 0) is 23.8 Å². The number of carboxylic acids is 1. The number of rotatable bonds is 16. The Labute approximate surface area is 282 Å². The average Bonchev–Trinajstić information content (AvgIpc) is 3.06. The highest BCUT2D eigenvalue weighted by atomic mass is 16.6. The monoisotopic (exact) mass is 659 g/mol. The maximum atomic E-state index is 11.8. The first-order valence-corrected chi connectivity index (χ1v) is 15.6. The van der Waals surface area contributed by atoms with Gasteiger partial charge in [0.2, 0.25) is 11.3 Å². The summed E-state index contributed by atoms with van der Waals surface area (Å²) in [4.78, 5) is 24.3. The highest BCUT2D eigenvalue weighted by molar-refractivity contribution is 6.07. The molecule has 0 fully saturated rings. The van der Waals surface area contributed by atoms with Crippen LogP contribution in [-0.2, 0) is 23.7 Å². The average molecular weight is 660 g/mol. The third kappa shape index (κ3) is 11.5. The summed E-state index contributed by atoms with van der Waals surface area (Å²) in [5.74, 6) is 1.82. The largest absolute Gasteiger partial charge is 0.545 e. The molecule has 1 aliphatic heterocycles. The highest BCUT2D eigenvalue weighted by Crippen LogP contribution is 2.41. The third-order valence-electron chi connectivity index (χ3n) is 7.06. The fraction of sp³-hybridized carbons (Fsp3) is 0.378. The first-order valence-electron chi connectivity index (χ1n) is 15.6. The molecule has 0 bridgehead atoms. The minimum atomic E-state index is -1.20. The van der Waals surface area contributed by atoms with Crippen LogP contribution in [0.5, 0.6) is 0 Å². The number of carbonyl (C=O) groups is 2. The second-order valence-corrected chi connectivity index (χ2v) is 11.0. The van der Waals surface area contributed by atoms with Crippen LogP contribution in [0.3, 0.4) is 0 Å². The molecule has 0 radical (unpaired) electrons. The SMILES string of the molecule is C#CCOCCOCCOCCOCCNC(C)=O.CN(C)c1ccc2c(-c3ccccc3C(=O)[O-])c3ccc(=[N+](C)C)cc-3oc2c1. The smallest absolute Gasteiger partial charge is 0.216 e. The van der Waals surface area contributed by atoms with E-state index in [2.05, 4.69) is 11.2 Å². The number of carbonyl (C=O) groups excluding carboxylic acids is 2. The molecule has 0 spiro atoms. The van der Waals surface area contributed by atoms with Gasteiger partial charge in [-0.2, -0.15) is 0 Å². The van der Waals surface area contributed by atoms with Crippen LogP contribution < -0.4 is 25.3 Å².